The summed E-state index contributed by atoms with van der Waals surface area (Å²) in [6.07, 6.45) is 1.62. The lowest BCUT2D eigenvalue weighted by Gasteiger charge is -2.16. The third kappa shape index (κ3) is 5.44. The Morgan fingerprint density at radius 2 is 1.53 bits per heavy atom. The minimum atomic E-state index is -0.649. The molecule has 34 heavy (non-hydrogen) atoms. The van der Waals surface area contributed by atoms with Crippen molar-refractivity contribution in [2.24, 2.45) is 0 Å². The summed E-state index contributed by atoms with van der Waals surface area (Å²) < 4.78 is 7.74. The van der Waals surface area contributed by atoms with Gasteiger partial charge in [-0.05, 0) is 47.0 Å². The highest BCUT2D eigenvalue weighted by Crippen LogP contribution is 2.14. The van der Waals surface area contributed by atoms with Crippen molar-refractivity contribution >= 4 is 23.4 Å². The molecule has 0 amide bonds. The summed E-state index contributed by atoms with van der Waals surface area (Å²) in [5.41, 5.74) is 6.94. The van der Waals surface area contributed by atoms with Gasteiger partial charge in [-0.25, -0.2) is 19.1 Å². The number of hydrogen-bond donors (Lipinski definition) is 2. The number of aromatic nitrogens is 4. The van der Waals surface area contributed by atoms with E-state index in [0.29, 0.717) is 23.1 Å². The molecule has 4 aromatic rings. The number of ether oxygens (including phenoxy) is 1. The van der Waals surface area contributed by atoms with Gasteiger partial charge in [-0.15, -0.1) is 0 Å². The van der Waals surface area contributed by atoms with Crippen LogP contribution in [0.3, 0.4) is 0 Å². The number of methoxy groups -OCH3 is 1. The summed E-state index contributed by atoms with van der Waals surface area (Å²) in [6, 6.07) is 17.8. The summed E-state index contributed by atoms with van der Waals surface area (Å²) in [4.78, 5) is 34.5. The molecule has 10 heteroatoms. The molecule has 9 nitrogen and oxygen atoms in total. The Morgan fingerprint density at radius 1 is 0.912 bits per heavy atom. The van der Waals surface area contributed by atoms with E-state index in [4.69, 9.17) is 22.1 Å². The van der Waals surface area contributed by atoms with E-state index in [2.05, 4.69) is 15.3 Å². The van der Waals surface area contributed by atoms with E-state index in [9.17, 15) is 9.59 Å². The first-order chi connectivity index (χ1) is 16.4. The molecule has 0 aliphatic heterocycles. The SMILES string of the molecule is COc1ccc(Cn2c(NCc3ccc(N)nc3)nc(=O)n(Cc3ccc(Cl)cc3)c2=O)cc1. The molecular formula is C24H23ClN6O3. The Bertz CT molecular complexity index is 1380. The van der Waals surface area contributed by atoms with Crippen molar-refractivity contribution in [2.75, 3.05) is 18.2 Å². The first-order valence-electron chi connectivity index (χ1n) is 10.5. The number of nitrogens with zero attached hydrogens (tertiary/aromatic N) is 4. The van der Waals surface area contributed by atoms with Gasteiger partial charge in [0, 0.05) is 17.8 Å². The minimum Gasteiger partial charge on any atom is -0.497 e. The zero-order valence-corrected chi connectivity index (χ0v) is 19.2. The molecule has 0 fully saturated rings. The highest BCUT2D eigenvalue weighted by Gasteiger charge is 2.14. The largest absolute Gasteiger partial charge is 0.497 e. The summed E-state index contributed by atoms with van der Waals surface area (Å²) in [6.45, 7) is 0.592. The maximum atomic E-state index is 13.4. The second-order valence-corrected chi connectivity index (χ2v) is 8.03. The predicted molar refractivity (Wildman–Crippen MR) is 131 cm³/mol. The fraction of sp³-hybridized carbons (Fsp3) is 0.167. The van der Waals surface area contributed by atoms with Crippen LogP contribution in [0.25, 0.3) is 0 Å². The van der Waals surface area contributed by atoms with Crippen molar-refractivity contribution in [3.8, 4) is 5.75 Å². The standard InChI is InChI=1S/C24H23ClN6O3/c1-34-20-9-4-17(5-10-20)14-30-22(28-13-18-6-11-21(26)27-12-18)29-23(32)31(24(30)33)15-16-2-7-19(25)8-3-16/h2-12H,13-15H2,1H3,(H2,26,27)(H,28,29,32). The summed E-state index contributed by atoms with van der Waals surface area (Å²) in [5.74, 6) is 1.27. The Labute approximate surface area is 200 Å². The van der Waals surface area contributed by atoms with Crippen LogP contribution in [-0.2, 0) is 19.6 Å². The first-order valence-corrected chi connectivity index (χ1v) is 10.8. The second-order valence-electron chi connectivity index (χ2n) is 7.59. The molecule has 0 radical (unpaired) electrons. The maximum Gasteiger partial charge on any atom is 0.355 e. The Morgan fingerprint density at radius 3 is 2.15 bits per heavy atom. The van der Waals surface area contributed by atoms with E-state index in [-0.39, 0.29) is 19.0 Å². The van der Waals surface area contributed by atoms with Crippen LogP contribution in [0.15, 0.2) is 76.4 Å². The second kappa shape index (κ2) is 10.2. The summed E-state index contributed by atoms with van der Waals surface area (Å²) in [7, 11) is 1.59. The number of benzene rings is 2. The fourth-order valence-corrected chi connectivity index (χ4v) is 3.48. The monoisotopic (exact) mass is 478 g/mol. The van der Waals surface area contributed by atoms with Crippen molar-refractivity contribution in [2.45, 2.75) is 19.6 Å². The molecule has 2 aromatic carbocycles. The number of pyridine rings is 1. The molecule has 174 valence electrons. The summed E-state index contributed by atoms with van der Waals surface area (Å²) >= 11 is 5.95. The molecule has 0 aliphatic carbocycles. The number of halogens is 1. The lowest BCUT2D eigenvalue weighted by molar-refractivity contribution is 0.414. The number of rotatable bonds is 8. The molecule has 3 N–H and O–H groups in total. The maximum absolute atomic E-state index is 13.4. The van der Waals surface area contributed by atoms with Gasteiger partial charge in [0.2, 0.25) is 5.95 Å². The molecule has 2 aromatic heterocycles. The van der Waals surface area contributed by atoms with Crippen molar-refractivity contribution in [3.63, 3.8) is 0 Å². The molecule has 0 saturated carbocycles. The average molecular weight is 479 g/mol. The fourth-order valence-electron chi connectivity index (χ4n) is 3.35. The topological polar surface area (TPSA) is 117 Å². The van der Waals surface area contributed by atoms with Gasteiger partial charge in [-0.2, -0.15) is 4.98 Å². The van der Waals surface area contributed by atoms with E-state index in [1.807, 2.05) is 30.3 Å². The third-order valence-corrected chi connectivity index (χ3v) is 5.45. The van der Waals surface area contributed by atoms with Crippen LogP contribution < -0.4 is 27.2 Å². The van der Waals surface area contributed by atoms with Gasteiger partial charge in [0.25, 0.3) is 0 Å². The van der Waals surface area contributed by atoms with Crippen molar-refractivity contribution in [3.05, 3.63) is 110 Å². The molecule has 0 spiro atoms. The molecule has 0 unspecified atom stereocenters. The van der Waals surface area contributed by atoms with Gasteiger partial charge in [0.05, 0.1) is 20.2 Å². The third-order valence-electron chi connectivity index (χ3n) is 5.20. The Hall–Kier alpha value is -4.11. The molecule has 0 atom stereocenters. The van der Waals surface area contributed by atoms with E-state index in [1.54, 1.807) is 43.6 Å². The van der Waals surface area contributed by atoms with E-state index < -0.39 is 11.4 Å². The quantitative estimate of drug-likeness (QED) is 0.400. The van der Waals surface area contributed by atoms with Crippen LogP contribution in [0.4, 0.5) is 11.8 Å². The summed E-state index contributed by atoms with van der Waals surface area (Å²) in [5, 5.41) is 3.66. The van der Waals surface area contributed by atoms with Crippen LogP contribution in [-0.4, -0.2) is 26.2 Å². The number of anilines is 2. The number of nitrogens with one attached hydrogen (secondary N) is 1. The van der Waals surface area contributed by atoms with Crippen LogP contribution >= 0.6 is 11.6 Å². The Balaban J connectivity index is 1.70. The van der Waals surface area contributed by atoms with Crippen molar-refractivity contribution in [1.29, 1.82) is 0 Å². The van der Waals surface area contributed by atoms with E-state index in [0.717, 1.165) is 21.3 Å². The van der Waals surface area contributed by atoms with Gasteiger partial charge in [0.1, 0.15) is 11.6 Å². The lowest BCUT2D eigenvalue weighted by Crippen LogP contribution is -2.43. The van der Waals surface area contributed by atoms with Gasteiger partial charge < -0.3 is 15.8 Å². The van der Waals surface area contributed by atoms with Crippen LogP contribution in [0, 0.1) is 0 Å². The normalized spacial score (nSPS) is 10.8. The van der Waals surface area contributed by atoms with Crippen molar-refractivity contribution < 1.29 is 4.74 Å². The predicted octanol–water partition coefficient (Wildman–Crippen LogP) is 2.75. The molecule has 0 aliphatic rings. The molecule has 2 heterocycles. The molecule has 4 rings (SSSR count). The smallest absolute Gasteiger partial charge is 0.355 e. The zero-order valence-electron chi connectivity index (χ0n) is 18.4. The number of nitrogens with two attached hydrogens (primary N) is 1. The average Bonchev–Trinajstić information content (AvgIpc) is 2.85. The molecule has 0 bridgehead atoms. The van der Waals surface area contributed by atoms with Gasteiger partial charge in [-0.3, -0.25) is 4.57 Å². The number of nitrogen functional groups attached to an aromatic ring is 1. The minimum absolute atomic E-state index is 0.0760. The van der Waals surface area contributed by atoms with Gasteiger partial charge in [-0.1, -0.05) is 41.9 Å². The highest BCUT2D eigenvalue weighted by molar-refractivity contribution is 6.30. The van der Waals surface area contributed by atoms with Crippen LogP contribution in [0.2, 0.25) is 5.02 Å². The molecule has 0 saturated heterocycles. The Kier molecular flexibility index (Phi) is 6.93. The van der Waals surface area contributed by atoms with E-state index >= 15 is 0 Å². The van der Waals surface area contributed by atoms with Gasteiger partial charge in [0.15, 0.2) is 0 Å². The van der Waals surface area contributed by atoms with E-state index in [1.165, 1.54) is 4.57 Å². The zero-order chi connectivity index (χ0) is 24.1. The number of hydrogen-bond acceptors (Lipinski definition) is 7. The highest BCUT2D eigenvalue weighted by atomic mass is 35.5. The first kappa shape index (κ1) is 23.1. The van der Waals surface area contributed by atoms with Crippen LogP contribution in [0.1, 0.15) is 16.7 Å². The van der Waals surface area contributed by atoms with Gasteiger partial charge >= 0.3 is 11.4 Å². The lowest BCUT2D eigenvalue weighted by atomic mass is 10.2. The van der Waals surface area contributed by atoms with Crippen LogP contribution in [0.5, 0.6) is 5.75 Å². The van der Waals surface area contributed by atoms with Crippen molar-refractivity contribution in [1.82, 2.24) is 19.1 Å². The molecular weight excluding hydrogens is 456 g/mol.